The molecular formula is C24H29N3O3S. The molecule has 1 aliphatic heterocycles. The zero-order valence-electron chi connectivity index (χ0n) is 18.0. The Kier molecular flexibility index (Phi) is 5.15. The highest BCUT2D eigenvalue weighted by Gasteiger charge is 2.42. The topological polar surface area (TPSA) is 75.4 Å². The maximum absolute atomic E-state index is 11.7. The lowest BCUT2D eigenvalue weighted by molar-refractivity contribution is 0.0366. The minimum absolute atomic E-state index is 0.0580. The van der Waals surface area contributed by atoms with Gasteiger partial charge in [-0.3, -0.25) is 4.90 Å². The van der Waals surface area contributed by atoms with Crippen LogP contribution < -0.4 is 0 Å². The van der Waals surface area contributed by atoms with Crippen LogP contribution in [0.1, 0.15) is 30.3 Å². The first-order valence-corrected chi connectivity index (χ1v) is 12.8. The highest BCUT2D eigenvalue weighted by molar-refractivity contribution is 7.90. The number of nitrogens with zero attached hydrogens (tertiary/aromatic N) is 3. The second-order valence-electron chi connectivity index (χ2n) is 9.25. The maximum atomic E-state index is 11.7. The first-order chi connectivity index (χ1) is 14.8. The Bertz CT molecular complexity index is 1200. The van der Waals surface area contributed by atoms with Crippen molar-refractivity contribution >= 4 is 20.9 Å². The molecular weight excluding hydrogens is 410 g/mol. The first-order valence-electron chi connectivity index (χ1n) is 10.9. The van der Waals surface area contributed by atoms with Crippen LogP contribution in [0.4, 0.5) is 0 Å². The van der Waals surface area contributed by atoms with E-state index in [1.54, 1.807) is 12.1 Å². The van der Waals surface area contributed by atoms with E-state index in [-0.39, 0.29) is 12.1 Å². The van der Waals surface area contributed by atoms with Gasteiger partial charge >= 0.3 is 0 Å². The van der Waals surface area contributed by atoms with Crippen LogP contribution in [0.2, 0.25) is 0 Å². The predicted molar refractivity (Wildman–Crippen MR) is 121 cm³/mol. The Hall–Kier alpha value is -2.22. The largest absolute Gasteiger partial charge is 0.391 e. The minimum atomic E-state index is -3.17. The fraction of sp³-hybridized carbons (Fsp3) is 0.458. The van der Waals surface area contributed by atoms with Gasteiger partial charge < -0.3 is 9.67 Å². The van der Waals surface area contributed by atoms with E-state index >= 15 is 0 Å². The summed E-state index contributed by atoms with van der Waals surface area (Å²) in [6.45, 7) is 4.82. The van der Waals surface area contributed by atoms with Crippen molar-refractivity contribution in [3.63, 3.8) is 0 Å². The Morgan fingerprint density at radius 1 is 1.03 bits per heavy atom. The molecule has 0 radical (unpaired) electrons. The first kappa shape index (κ1) is 20.7. The van der Waals surface area contributed by atoms with Crippen LogP contribution in [0.3, 0.4) is 0 Å². The molecule has 1 aliphatic carbocycles. The second kappa shape index (κ2) is 7.73. The molecule has 2 heterocycles. The van der Waals surface area contributed by atoms with E-state index in [9.17, 15) is 13.5 Å². The van der Waals surface area contributed by atoms with E-state index in [0.29, 0.717) is 16.7 Å². The number of rotatable bonds is 4. The number of para-hydroxylation sites is 2. The number of aliphatic hydroxyl groups is 1. The van der Waals surface area contributed by atoms with Gasteiger partial charge in [-0.2, -0.15) is 0 Å². The van der Waals surface area contributed by atoms with Crippen LogP contribution in [0.5, 0.6) is 0 Å². The predicted octanol–water partition coefficient (Wildman–Crippen LogP) is 3.19. The third kappa shape index (κ3) is 3.90. The summed E-state index contributed by atoms with van der Waals surface area (Å²) in [4.78, 5) is 7.51. The third-order valence-electron chi connectivity index (χ3n) is 7.05. The van der Waals surface area contributed by atoms with Crippen molar-refractivity contribution < 1.29 is 13.5 Å². The van der Waals surface area contributed by atoms with E-state index in [2.05, 4.69) is 15.5 Å². The number of fused-ring (bicyclic) bond motifs is 2. The third-order valence-corrected chi connectivity index (χ3v) is 8.17. The number of aliphatic hydroxyl groups excluding tert-OH is 1. The van der Waals surface area contributed by atoms with Crippen LogP contribution in [0.25, 0.3) is 11.0 Å². The number of aromatic nitrogens is 2. The van der Waals surface area contributed by atoms with Gasteiger partial charge in [0.25, 0.3) is 0 Å². The van der Waals surface area contributed by atoms with Gasteiger partial charge in [0.1, 0.15) is 5.82 Å². The van der Waals surface area contributed by atoms with Crippen LogP contribution in [-0.2, 0) is 16.4 Å². The van der Waals surface area contributed by atoms with Crippen molar-refractivity contribution in [3.8, 4) is 0 Å². The quantitative estimate of drug-likeness (QED) is 0.676. The van der Waals surface area contributed by atoms with E-state index < -0.39 is 9.84 Å². The molecule has 1 N–H and O–H groups in total. The summed E-state index contributed by atoms with van der Waals surface area (Å²) in [6, 6.07) is 15.4. The van der Waals surface area contributed by atoms with Gasteiger partial charge in [-0.25, -0.2) is 13.4 Å². The molecule has 5 rings (SSSR count). The highest BCUT2D eigenvalue weighted by Crippen LogP contribution is 2.43. The van der Waals surface area contributed by atoms with E-state index in [4.69, 9.17) is 4.98 Å². The zero-order valence-corrected chi connectivity index (χ0v) is 18.8. The van der Waals surface area contributed by atoms with Gasteiger partial charge in [-0.15, -0.1) is 0 Å². The summed E-state index contributed by atoms with van der Waals surface area (Å²) in [5.41, 5.74) is 3.21. The number of hydrogen-bond acceptors (Lipinski definition) is 5. The summed E-state index contributed by atoms with van der Waals surface area (Å²) in [5, 5.41) is 11.0. The number of sulfone groups is 1. The smallest absolute Gasteiger partial charge is 0.175 e. The Balaban J connectivity index is 1.31. The van der Waals surface area contributed by atoms with Gasteiger partial charge in [0.2, 0.25) is 0 Å². The molecule has 0 spiro atoms. The molecule has 1 saturated carbocycles. The van der Waals surface area contributed by atoms with Crippen molar-refractivity contribution in [1.82, 2.24) is 14.5 Å². The summed E-state index contributed by atoms with van der Waals surface area (Å²) < 4.78 is 25.6. The van der Waals surface area contributed by atoms with Crippen molar-refractivity contribution in [1.29, 1.82) is 0 Å². The van der Waals surface area contributed by atoms with Crippen molar-refractivity contribution in [2.75, 3.05) is 19.3 Å². The monoisotopic (exact) mass is 439 g/mol. The molecule has 31 heavy (non-hydrogen) atoms. The standard InChI is InChI=1S/C24H29N3O3S/c1-16-25-21-5-3-4-6-22(21)27(16)23-11-18-14-26(15-19(18)12-24(23)28)13-17-7-9-20(10-8-17)31(2,29)30/h3-10,18-19,23-24,28H,11-15H2,1-2H3/t18-,19+,23-,24-/m0/s1. The second-order valence-corrected chi connectivity index (χ2v) is 11.3. The Morgan fingerprint density at radius 3 is 2.42 bits per heavy atom. The number of benzene rings is 2. The maximum Gasteiger partial charge on any atom is 0.175 e. The lowest BCUT2D eigenvalue weighted by atomic mass is 9.77. The van der Waals surface area contributed by atoms with Crippen molar-refractivity contribution in [2.45, 2.75) is 43.4 Å². The Morgan fingerprint density at radius 2 is 1.71 bits per heavy atom. The average Bonchev–Trinajstić information content (AvgIpc) is 3.25. The van der Waals surface area contributed by atoms with Crippen molar-refractivity contribution in [2.24, 2.45) is 11.8 Å². The zero-order chi connectivity index (χ0) is 21.8. The molecule has 2 fully saturated rings. The summed E-state index contributed by atoms with van der Waals surface area (Å²) in [7, 11) is -3.17. The number of likely N-dealkylation sites (tertiary alicyclic amines) is 1. The molecule has 0 unspecified atom stereocenters. The fourth-order valence-corrected chi connectivity index (χ4v) is 6.23. The van der Waals surface area contributed by atoms with Crippen LogP contribution in [0.15, 0.2) is 53.4 Å². The number of aryl methyl sites for hydroxylation is 1. The highest BCUT2D eigenvalue weighted by atomic mass is 32.2. The molecule has 2 aliphatic rings. The van der Waals surface area contributed by atoms with Gasteiger partial charge in [0.15, 0.2) is 9.84 Å². The van der Waals surface area contributed by atoms with Gasteiger partial charge in [0.05, 0.1) is 28.1 Å². The molecule has 1 saturated heterocycles. The van der Waals surface area contributed by atoms with E-state index in [0.717, 1.165) is 54.9 Å². The molecule has 2 aromatic carbocycles. The summed E-state index contributed by atoms with van der Waals surface area (Å²) in [5.74, 6) is 2.01. The lowest BCUT2D eigenvalue weighted by Gasteiger charge is -2.36. The van der Waals surface area contributed by atoms with Gasteiger partial charge in [0, 0.05) is 25.9 Å². The molecule has 164 valence electrons. The van der Waals surface area contributed by atoms with Crippen molar-refractivity contribution in [3.05, 3.63) is 59.9 Å². The Labute approximate surface area is 183 Å². The van der Waals surface area contributed by atoms with Gasteiger partial charge in [-0.05, 0) is 61.4 Å². The average molecular weight is 440 g/mol. The minimum Gasteiger partial charge on any atom is -0.391 e. The molecule has 7 heteroatoms. The van der Waals surface area contributed by atoms with E-state index in [1.165, 1.54) is 6.26 Å². The molecule has 1 aromatic heterocycles. The lowest BCUT2D eigenvalue weighted by Crippen LogP contribution is -2.36. The fourth-order valence-electron chi connectivity index (χ4n) is 5.59. The summed E-state index contributed by atoms with van der Waals surface area (Å²) in [6.07, 6.45) is 2.63. The normalized spacial score (nSPS) is 26.9. The molecule has 4 atom stereocenters. The molecule has 3 aromatic rings. The number of imidazole rings is 1. The molecule has 6 nitrogen and oxygen atoms in total. The SMILES string of the molecule is Cc1nc2ccccc2n1[C@H]1C[C@H]2CN(Cc3ccc(S(C)(=O)=O)cc3)C[C@H]2C[C@@H]1O. The number of hydrogen-bond donors (Lipinski definition) is 1. The molecule has 0 amide bonds. The summed E-state index contributed by atoms with van der Waals surface area (Å²) >= 11 is 0. The van der Waals surface area contributed by atoms with Gasteiger partial charge in [-0.1, -0.05) is 24.3 Å². The van der Waals surface area contributed by atoms with E-state index in [1.807, 2.05) is 37.3 Å². The van der Waals surface area contributed by atoms with Crippen LogP contribution >= 0.6 is 0 Å². The van der Waals surface area contributed by atoms with Crippen LogP contribution in [-0.4, -0.2) is 53.4 Å². The van der Waals surface area contributed by atoms with Crippen LogP contribution in [0, 0.1) is 18.8 Å². The molecule has 0 bridgehead atoms.